The number of thioether (sulfide) groups is 1. The van der Waals surface area contributed by atoms with Crippen LogP contribution in [0.4, 0.5) is 0 Å². The van der Waals surface area contributed by atoms with Gasteiger partial charge in [-0.25, -0.2) is 4.98 Å². The Morgan fingerprint density at radius 3 is 2.40 bits per heavy atom. The molecule has 0 unspecified atom stereocenters. The maximum Gasteiger partial charge on any atom is 0.173 e. The molecule has 0 amide bonds. The molecule has 3 nitrogen and oxygen atoms in total. The van der Waals surface area contributed by atoms with Crippen LogP contribution in [0.1, 0.15) is 19.4 Å². The van der Waals surface area contributed by atoms with E-state index in [9.17, 15) is 0 Å². The van der Waals surface area contributed by atoms with Gasteiger partial charge in [0.2, 0.25) is 0 Å². The van der Waals surface area contributed by atoms with Gasteiger partial charge in [-0.15, -0.1) is 0 Å². The average Bonchev–Trinajstić information content (AvgIpc) is 2.20. The summed E-state index contributed by atoms with van der Waals surface area (Å²) in [6, 6.07) is 3.85. The van der Waals surface area contributed by atoms with Crippen LogP contribution in [0.2, 0.25) is 5.15 Å². The predicted molar refractivity (Wildman–Crippen MR) is 65.6 cm³/mol. The molecule has 0 fully saturated rings. The third kappa shape index (κ3) is 4.91. The van der Waals surface area contributed by atoms with E-state index in [1.165, 1.54) is 11.8 Å². The van der Waals surface area contributed by atoms with Crippen LogP contribution in [0.3, 0.4) is 0 Å². The second kappa shape index (κ2) is 6.54. The van der Waals surface area contributed by atoms with Gasteiger partial charge in [-0.2, -0.15) is 17.0 Å². The molecule has 0 aromatic carbocycles. The van der Waals surface area contributed by atoms with E-state index < -0.39 is 0 Å². The lowest BCUT2D eigenvalue weighted by Gasteiger charge is -2.21. The van der Waals surface area contributed by atoms with Crippen molar-refractivity contribution in [2.24, 2.45) is 5.73 Å². The van der Waals surface area contributed by atoms with Gasteiger partial charge in [0.1, 0.15) is 5.15 Å². The van der Waals surface area contributed by atoms with Gasteiger partial charge in [-0.3, -0.25) is 0 Å². The fraction of sp³-hybridized carbons (Fsp3) is 0.400. The standard InChI is InChI=1S/C9H12ClNS.CH2N2/c1-9(2,12-3)7-4-5-8(10)11-6-7;2-1-3/h4-6H,1-3H3;2H2. The fourth-order valence-electron chi connectivity index (χ4n) is 0.850. The SMILES string of the molecule is CSC(C)(C)c1ccc(Cl)nc1.N#CN. The summed E-state index contributed by atoms with van der Waals surface area (Å²) >= 11 is 7.49. The van der Waals surface area contributed by atoms with Crippen molar-refractivity contribution < 1.29 is 0 Å². The van der Waals surface area contributed by atoms with Crippen LogP contribution in [0.25, 0.3) is 0 Å². The molecule has 1 aromatic rings. The fourth-order valence-corrected chi connectivity index (χ4v) is 1.32. The minimum atomic E-state index is 0.123. The average molecular weight is 244 g/mol. The van der Waals surface area contributed by atoms with Crippen molar-refractivity contribution in [2.75, 3.05) is 6.26 Å². The first kappa shape index (κ1) is 14.1. The van der Waals surface area contributed by atoms with E-state index in [1.807, 2.05) is 18.3 Å². The Balaban J connectivity index is 0.000000583. The summed E-state index contributed by atoms with van der Waals surface area (Å²) < 4.78 is 0.123. The first-order valence-corrected chi connectivity index (χ1v) is 5.85. The molecule has 0 saturated heterocycles. The Labute approximate surface area is 99.6 Å². The van der Waals surface area contributed by atoms with Crippen LogP contribution in [0.15, 0.2) is 18.3 Å². The van der Waals surface area contributed by atoms with Crippen molar-refractivity contribution in [3.63, 3.8) is 0 Å². The highest BCUT2D eigenvalue weighted by molar-refractivity contribution is 7.99. The first-order valence-electron chi connectivity index (χ1n) is 4.24. The Morgan fingerprint density at radius 1 is 1.53 bits per heavy atom. The summed E-state index contributed by atoms with van der Waals surface area (Å²) in [5, 5.41) is 7.65. The zero-order valence-corrected chi connectivity index (χ0v) is 10.6. The molecule has 0 aliphatic heterocycles. The Hall–Kier alpha value is -0.920. The molecule has 2 N–H and O–H groups in total. The lowest BCUT2D eigenvalue weighted by atomic mass is 10.1. The maximum absolute atomic E-state index is 7.10. The van der Waals surface area contributed by atoms with Crippen molar-refractivity contribution in [1.82, 2.24) is 4.98 Å². The molecule has 0 atom stereocenters. The van der Waals surface area contributed by atoms with Crippen molar-refractivity contribution in [1.29, 1.82) is 5.26 Å². The van der Waals surface area contributed by atoms with E-state index in [-0.39, 0.29) is 4.75 Å². The molecule has 0 spiro atoms. The van der Waals surface area contributed by atoms with Gasteiger partial charge >= 0.3 is 0 Å². The molecular weight excluding hydrogens is 230 g/mol. The van der Waals surface area contributed by atoms with Gasteiger partial charge in [0, 0.05) is 10.9 Å². The van der Waals surface area contributed by atoms with Gasteiger partial charge in [0.15, 0.2) is 6.19 Å². The normalized spacial score (nSPS) is 9.80. The van der Waals surface area contributed by atoms with Crippen LogP contribution in [0, 0.1) is 11.5 Å². The minimum absolute atomic E-state index is 0.123. The molecule has 15 heavy (non-hydrogen) atoms. The largest absolute Gasteiger partial charge is 0.337 e. The highest BCUT2D eigenvalue weighted by Crippen LogP contribution is 2.33. The summed E-state index contributed by atoms with van der Waals surface area (Å²) in [7, 11) is 0. The van der Waals surface area contributed by atoms with Gasteiger partial charge in [0.05, 0.1) is 0 Å². The van der Waals surface area contributed by atoms with Gasteiger partial charge in [-0.05, 0) is 31.7 Å². The Kier molecular flexibility index (Phi) is 6.14. The number of aromatic nitrogens is 1. The molecule has 1 aromatic heterocycles. The van der Waals surface area contributed by atoms with Crippen LogP contribution < -0.4 is 5.73 Å². The highest BCUT2D eigenvalue weighted by atomic mass is 35.5. The number of hydrogen-bond donors (Lipinski definition) is 1. The van der Waals surface area contributed by atoms with Crippen molar-refractivity contribution in [3.8, 4) is 6.19 Å². The maximum atomic E-state index is 7.10. The predicted octanol–water partition coefficient (Wildman–Crippen LogP) is 2.76. The zero-order valence-electron chi connectivity index (χ0n) is 8.99. The first-order chi connectivity index (χ1) is 6.97. The summed E-state index contributed by atoms with van der Waals surface area (Å²) in [4.78, 5) is 4.05. The Bertz CT molecular complexity index is 330. The van der Waals surface area contributed by atoms with E-state index in [0.29, 0.717) is 5.15 Å². The van der Waals surface area contributed by atoms with Crippen molar-refractivity contribution in [2.45, 2.75) is 18.6 Å². The summed E-state index contributed by atoms with van der Waals surface area (Å²) in [5.74, 6) is 0. The monoisotopic (exact) mass is 243 g/mol. The van der Waals surface area contributed by atoms with Crippen LogP contribution >= 0.6 is 23.4 Å². The molecule has 0 radical (unpaired) electrons. The quantitative estimate of drug-likeness (QED) is 0.493. The molecule has 5 heteroatoms. The number of nitriles is 1. The molecule has 0 bridgehead atoms. The van der Waals surface area contributed by atoms with Crippen LogP contribution in [-0.4, -0.2) is 11.2 Å². The second-order valence-electron chi connectivity index (χ2n) is 3.21. The van der Waals surface area contributed by atoms with Gasteiger partial charge in [-0.1, -0.05) is 17.7 Å². The smallest absolute Gasteiger partial charge is 0.173 e. The van der Waals surface area contributed by atoms with Crippen LogP contribution in [0.5, 0.6) is 0 Å². The second-order valence-corrected chi connectivity index (χ2v) is 5.03. The number of rotatable bonds is 2. The van der Waals surface area contributed by atoms with Crippen LogP contribution in [-0.2, 0) is 4.75 Å². The van der Waals surface area contributed by atoms with Crippen molar-refractivity contribution >= 4 is 23.4 Å². The van der Waals surface area contributed by atoms with E-state index in [4.69, 9.17) is 16.9 Å². The molecule has 1 rings (SSSR count). The number of halogens is 1. The Morgan fingerprint density at radius 2 is 2.07 bits per heavy atom. The summed E-state index contributed by atoms with van der Waals surface area (Å²) in [6.07, 6.45) is 5.17. The third-order valence-electron chi connectivity index (χ3n) is 1.93. The van der Waals surface area contributed by atoms with E-state index >= 15 is 0 Å². The number of nitrogens with two attached hydrogens (primary N) is 1. The minimum Gasteiger partial charge on any atom is -0.337 e. The number of pyridine rings is 1. The summed E-state index contributed by atoms with van der Waals surface area (Å²) in [6.45, 7) is 4.34. The molecule has 0 aliphatic carbocycles. The lowest BCUT2D eigenvalue weighted by molar-refractivity contribution is 0.779. The zero-order chi connectivity index (χ0) is 11.9. The summed E-state index contributed by atoms with van der Waals surface area (Å²) in [5.41, 5.74) is 5.36. The van der Waals surface area contributed by atoms with Gasteiger partial charge < -0.3 is 5.73 Å². The van der Waals surface area contributed by atoms with Gasteiger partial charge in [0.25, 0.3) is 0 Å². The highest BCUT2D eigenvalue weighted by Gasteiger charge is 2.18. The molecular formula is C10H14ClN3S. The lowest BCUT2D eigenvalue weighted by Crippen LogP contribution is -2.11. The van der Waals surface area contributed by atoms with Crippen molar-refractivity contribution in [3.05, 3.63) is 29.0 Å². The number of nitrogens with zero attached hydrogens (tertiary/aromatic N) is 2. The topological polar surface area (TPSA) is 62.7 Å². The van der Waals surface area contributed by atoms with E-state index in [1.54, 1.807) is 11.8 Å². The molecule has 1 heterocycles. The third-order valence-corrected chi connectivity index (χ3v) is 3.41. The van der Waals surface area contributed by atoms with E-state index in [0.717, 1.165) is 0 Å². The molecule has 0 saturated carbocycles. The molecule has 0 aliphatic rings. The molecule has 82 valence electrons. The number of hydrogen-bond acceptors (Lipinski definition) is 4. The van der Waals surface area contributed by atoms with E-state index in [2.05, 4.69) is 30.8 Å².